The minimum Gasteiger partial charge on any atom is -0.462 e. The fourth-order valence-electron chi connectivity index (χ4n) is 4.07. The molecule has 1 saturated heterocycles. The van der Waals surface area contributed by atoms with Crippen molar-refractivity contribution in [1.82, 2.24) is 14.8 Å². The van der Waals surface area contributed by atoms with Crippen LogP contribution in [0.1, 0.15) is 28.8 Å². The van der Waals surface area contributed by atoms with E-state index >= 15 is 0 Å². The summed E-state index contributed by atoms with van der Waals surface area (Å²) in [6, 6.07) is 11.7. The number of unbranched alkanes of at least 4 members (excludes halogenated alkanes) is 1. The van der Waals surface area contributed by atoms with Crippen molar-refractivity contribution >= 4 is 23.3 Å². The molecular formula is C24H29ClN4O2. The molecule has 0 atom stereocenters. The van der Waals surface area contributed by atoms with Gasteiger partial charge in [0.15, 0.2) is 0 Å². The number of nitrogens with zero attached hydrogens (tertiary/aromatic N) is 4. The molecule has 2 aromatic rings. The van der Waals surface area contributed by atoms with Crippen molar-refractivity contribution in [1.29, 1.82) is 0 Å². The van der Waals surface area contributed by atoms with Gasteiger partial charge in [-0.2, -0.15) is 0 Å². The number of benzene rings is 1. The summed E-state index contributed by atoms with van der Waals surface area (Å²) in [6.07, 6.45) is 5.42. The standard InChI is InChI=1S/C24H29ClN4O2/c1-19-7-8-21-22(16-19)31-18-20(17-25)29(24(21)30)11-5-4-10-27-12-14-28(15-13-27)23-6-2-3-9-26-23/h2-3,6-9,16,18H,4-5,10-15,17H2,1H3. The highest BCUT2D eigenvalue weighted by Crippen LogP contribution is 2.28. The van der Waals surface area contributed by atoms with E-state index in [1.54, 1.807) is 11.2 Å². The molecule has 7 heteroatoms. The number of pyridine rings is 1. The summed E-state index contributed by atoms with van der Waals surface area (Å²) in [7, 11) is 0. The van der Waals surface area contributed by atoms with Crippen LogP contribution in [-0.2, 0) is 0 Å². The second kappa shape index (κ2) is 10.2. The first-order valence-electron chi connectivity index (χ1n) is 10.9. The number of carbonyl (C=O) groups is 1. The Kier molecular flexibility index (Phi) is 7.10. The van der Waals surface area contributed by atoms with E-state index in [0.29, 0.717) is 23.6 Å². The number of aryl methyl sites for hydroxylation is 1. The highest BCUT2D eigenvalue weighted by Gasteiger charge is 2.26. The number of anilines is 1. The molecule has 3 heterocycles. The molecule has 1 aromatic heterocycles. The molecule has 0 saturated carbocycles. The number of rotatable bonds is 7. The molecule has 1 fully saturated rings. The number of ether oxygens (including phenoxy) is 1. The predicted octanol–water partition coefficient (Wildman–Crippen LogP) is 3.91. The number of carbonyl (C=O) groups excluding carboxylic acids is 1. The molecule has 164 valence electrons. The van der Waals surface area contributed by atoms with Gasteiger partial charge in [-0.15, -0.1) is 11.6 Å². The van der Waals surface area contributed by atoms with Gasteiger partial charge in [-0.1, -0.05) is 12.1 Å². The van der Waals surface area contributed by atoms with E-state index < -0.39 is 0 Å². The van der Waals surface area contributed by atoms with Gasteiger partial charge in [0, 0.05) is 38.9 Å². The van der Waals surface area contributed by atoms with Gasteiger partial charge in [0.1, 0.15) is 17.8 Å². The second-order valence-corrected chi connectivity index (χ2v) is 8.31. The highest BCUT2D eigenvalue weighted by molar-refractivity contribution is 6.19. The van der Waals surface area contributed by atoms with E-state index in [2.05, 4.69) is 20.9 Å². The molecule has 4 rings (SSSR count). The van der Waals surface area contributed by atoms with Gasteiger partial charge in [0.05, 0.1) is 17.1 Å². The maximum absolute atomic E-state index is 13.1. The van der Waals surface area contributed by atoms with Crippen molar-refractivity contribution in [3.8, 4) is 5.75 Å². The molecule has 0 aliphatic carbocycles. The highest BCUT2D eigenvalue weighted by atomic mass is 35.5. The van der Waals surface area contributed by atoms with Gasteiger partial charge < -0.3 is 14.5 Å². The van der Waals surface area contributed by atoms with Gasteiger partial charge in [0.25, 0.3) is 5.91 Å². The third-order valence-electron chi connectivity index (χ3n) is 5.87. The zero-order valence-corrected chi connectivity index (χ0v) is 18.7. The van der Waals surface area contributed by atoms with Gasteiger partial charge in [0.2, 0.25) is 0 Å². The number of allylic oxidation sites excluding steroid dienone is 1. The Labute approximate surface area is 189 Å². The minimum atomic E-state index is -0.0385. The van der Waals surface area contributed by atoms with Crippen LogP contribution in [0.25, 0.3) is 0 Å². The van der Waals surface area contributed by atoms with Crippen LogP contribution in [0.15, 0.2) is 54.6 Å². The average Bonchev–Trinajstić information content (AvgIpc) is 2.93. The van der Waals surface area contributed by atoms with Crippen LogP contribution in [0, 0.1) is 6.92 Å². The van der Waals surface area contributed by atoms with E-state index in [-0.39, 0.29) is 11.8 Å². The van der Waals surface area contributed by atoms with Gasteiger partial charge >= 0.3 is 0 Å². The van der Waals surface area contributed by atoms with Crippen molar-refractivity contribution in [3.05, 3.63) is 65.7 Å². The zero-order chi connectivity index (χ0) is 21.6. The summed E-state index contributed by atoms with van der Waals surface area (Å²) < 4.78 is 5.75. The summed E-state index contributed by atoms with van der Waals surface area (Å²) in [6.45, 7) is 7.72. The number of piperazine rings is 1. The number of amides is 1. The SMILES string of the molecule is Cc1ccc2c(c1)OC=C(CCl)N(CCCCN1CCN(c3ccccn3)CC1)C2=O. The van der Waals surface area contributed by atoms with Crippen LogP contribution in [0.3, 0.4) is 0 Å². The fourth-order valence-corrected chi connectivity index (χ4v) is 4.28. The Balaban J connectivity index is 1.27. The molecular weight excluding hydrogens is 412 g/mol. The third kappa shape index (κ3) is 5.20. The Morgan fingerprint density at radius 3 is 2.61 bits per heavy atom. The normalized spacial score (nSPS) is 17.1. The monoisotopic (exact) mass is 440 g/mol. The first-order chi connectivity index (χ1) is 15.2. The molecule has 0 bridgehead atoms. The predicted molar refractivity (Wildman–Crippen MR) is 124 cm³/mol. The number of halogens is 1. The van der Waals surface area contributed by atoms with Crippen LogP contribution in [0.2, 0.25) is 0 Å². The molecule has 31 heavy (non-hydrogen) atoms. The van der Waals surface area contributed by atoms with Gasteiger partial charge in [-0.3, -0.25) is 9.69 Å². The van der Waals surface area contributed by atoms with Crippen LogP contribution >= 0.6 is 11.6 Å². The number of aromatic nitrogens is 1. The van der Waals surface area contributed by atoms with Crippen LogP contribution in [-0.4, -0.2) is 65.8 Å². The molecule has 2 aliphatic rings. The first kappa shape index (κ1) is 21.7. The summed E-state index contributed by atoms with van der Waals surface area (Å²) in [5.41, 5.74) is 2.36. The number of hydrogen-bond donors (Lipinski definition) is 0. The lowest BCUT2D eigenvalue weighted by atomic mass is 10.1. The van der Waals surface area contributed by atoms with Gasteiger partial charge in [-0.25, -0.2) is 4.98 Å². The van der Waals surface area contributed by atoms with E-state index in [1.165, 1.54) is 0 Å². The molecule has 0 radical (unpaired) electrons. The quantitative estimate of drug-likeness (QED) is 0.482. The van der Waals surface area contributed by atoms with E-state index in [1.807, 2.05) is 43.5 Å². The lowest BCUT2D eigenvalue weighted by molar-refractivity contribution is 0.0805. The molecule has 0 spiro atoms. The Morgan fingerprint density at radius 1 is 1.06 bits per heavy atom. The fraction of sp³-hybridized carbons (Fsp3) is 0.417. The Morgan fingerprint density at radius 2 is 1.87 bits per heavy atom. The van der Waals surface area contributed by atoms with E-state index in [0.717, 1.165) is 56.9 Å². The number of hydrogen-bond acceptors (Lipinski definition) is 5. The summed E-state index contributed by atoms with van der Waals surface area (Å²) in [5, 5.41) is 0. The topological polar surface area (TPSA) is 48.9 Å². The van der Waals surface area contributed by atoms with E-state index in [9.17, 15) is 4.79 Å². The molecule has 1 aromatic carbocycles. The van der Waals surface area contributed by atoms with Crippen LogP contribution in [0.5, 0.6) is 5.75 Å². The van der Waals surface area contributed by atoms with E-state index in [4.69, 9.17) is 16.3 Å². The number of alkyl halides is 1. The van der Waals surface area contributed by atoms with Crippen LogP contribution in [0.4, 0.5) is 5.82 Å². The summed E-state index contributed by atoms with van der Waals surface area (Å²) in [4.78, 5) is 24.2. The summed E-state index contributed by atoms with van der Waals surface area (Å²) >= 11 is 6.13. The minimum absolute atomic E-state index is 0.0385. The number of fused-ring (bicyclic) bond motifs is 1. The molecule has 2 aliphatic heterocycles. The Bertz CT molecular complexity index is 926. The third-order valence-corrected chi connectivity index (χ3v) is 6.14. The lowest BCUT2D eigenvalue weighted by Gasteiger charge is -2.35. The smallest absolute Gasteiger partial charge is 0.261 e. The van der Waals surface area contributed by atoms with Crippen molar-refractivity contribution in [2.24, 2.45) is 0 Å². The second-order valence-electron chi connectivity index (χ2n) is 8.04. The van der Waals surface area contributed by atoms with Crippen molar-refractivity contribution in [3.63, 3.8) is 0 Å². The largest absolute Gasteiger partial charge is 0.462 e. The maximum atomic E-state index is 13.1. The van der Waals surface area contributed by atoms with Crippen molar-refractivity contribution in [2.75, 3.05) is 50.0 Å². The van der Waals surface area contributed by atoms with Gasteiger partial charge in [-0.05, 0) is 56.1 Å². The zero-order valence-electron chi connectivity index (χ0n) is 18.0. The molecule has 1 amide bonds. The average molecular weight is 441 g/mol. The van der Waals surface area contributed by atoms with Crippen molar-refractivity contribution in [2.45, 2.75) is 19.8 Å². The molecule has 0 N–H and O–H groups in total. The first-order valence-corrected chi connectivity index (χ1v) is 11.4. The lowest BCUT2D eigenvalue weighted by Crippen LogP contribution is -2.47. The molecule has 0 unspecified atom stereocenters. The molecule has 6 nitrogen and oxygen atoms in total. The van der Waals surface area contributed by atoms with Crippen molar-refractivity contribution < 1.29 is 9.53 Å². The summed E-state index contributed by atoms with van der Waals surface area (Å²) in [5.74, 6) is 1.86. The Hall–Kier alpha value is -2.57. The van der Waals surface area contributed by atoms with Crippen LogP contribution < -0.4 is 9.64 Å². The maximum Gasteiger partial charge on any atom is 0.261 e.